The van der Waals surface area contributed by atoms with E-state index in [1.54, 1.807) is 17.2 Å². The molecule has 0 saturated carbocycles. The van der Waals surface area contributed by atoms with Gasteiger partial charge in [-0.15, -0.1) is 0 Å². The van der Waals surface area contributed by atoms with Crippen molar-refractivity contribution in [3.63, 3.8) is 0 Å². The van der Waals surface area contributed by atoms with Crippen LogP contribution in [0.15, 0.2) is 36.5 Å². The standard InChI is InChI=1S/C17H17ClN2O2/c1-11-7-12(2)19-8-14(11)17(21)20-9-13(10-20)22-16-6-4-3-5-15(16)18/h3-8,13H,9-10H2,1-2H3. The van der Waals surface area contributed by atoms with Gasteiger partial charge in [0.2, 0.25) is 0 Å². The minimum absolute atomic E-state index is 0.00371. The number of para-hydroxylation sites is 1. The fourth-order valence-corrected chi connectivity index (χ4v) is 2.67. The first-order valence-electron chi connectivity index (χ1n) is 7.18. The highest BCUT2D eigenvalue weighted by Gasteiger charge is 2.33. The second-order valence-corrected chi connectivity index (χ2v) is 5.93. The van der Waals surface area contributed by atoms with Gasteiger partial charge in [0.25, 0.3) is 5.91 Å². The summed E-state index contributed by atoms with van der Waals surface area (Å²) in [5.41, 5.74) is 2.52. The summed E-state index contributed by atoms with van der Waals surface area (Å²) in [6.45, 7) is 4.98. The molecule has 5 heteroatoms. The first-order chi connectivity index (χ1) is 10.5. The average Bonchev–Trinajstić information content (AvgIpc) is 2.43. The quantitative estimate of drug-likeness (QED) is 0.873. The molecule has 3 rings (SSSR count). The molecule has 2 heterocycles. The Kier molecular flexibility index (Phi) is 4.03. The Hall–Kier alpha value is -2.07. The number of halogens is 1. The zero-order valence-electron chi connectivity index (χ0n) is 12.5. The summed E-state index contributed by atoms with van der Waals surface area (Å²) < 4.78 is 5.81. The van der Waals surface area contributed by atoms with Crippen molar-refractivity contribution in [1.82, 2.24) is 9.88 Å². The predicted molar refractivity (Wildman–Crippen MR) is 85.5 cm³/mol. The van der Waals surface area contributed by atoms with Crippen molar-refractivity contribution in [2.24, 2.45) is 0 Å². The number of carbonyl (C=O) groups is 1. The van der Waals surface area contributed by atoms with E-state index in [9.17, 15) is 4.79 Å². The van der Waals surface area contributed by atoms with Crippen LogP contribution in [0.1, 0.15) is 21.6 Å². The number of ether oxygens (including phenoxy) is 1. The van der Waals surface area contributed by atoms with Gasteiger partial charge in [-0.25, -0.2) is 0 Å². The topological polar surface area (TPSA) is 42.4 Å². The smallest absolute Gasteiger partial charge is 0.255 e. The lowest BCUT2D eigenvalue weighted by Crippen LogP contribution is -2.56. The normalized spacial score (nSPS) is 14.6. The molecule has 0 bridgehead atoms. The first-order valence-corrected chi connectivity index (χ1v) is 7.56. The summed E-state index contributed by atoms with van der Waals surface area (Å²) in [4.78, 5) is 18.4. The highest BCUT2D eigenvalue weighted by atomic mass is 35.5. The van der Waals surface area contributed by atoms with Crippen LogP contribution in [0.2, 0.25) is 5.02 Å². The van der Waals surface area contributed by atoms with Crippen LogP contribution in [0.5, 0.6) is 5.75 Å². The highest BCUT2D eigenvalue weighted by Crippen LogP contribution is 2.27. The Morgan fingerprint density at radius 2 is 2.05 bits per heavy atom. The molecular formula is C17H17ClN2O2. The van der Waals surface area contributed by atoms with Crippen molar-refractivity contribution >= 4 is 17.5 Å². The van der Waals surface area contributed by atoms with Gasteiger partial charge >= 0.3 is 0 Å². The van der Waals surface area contributed by atoms with Gasteiger partial charge in [-0.2, -0.15) is 0 Å². The van der Waals surface area contributed by atoms with E-state index in [-0.39, 0.29) is 12.0 Å². The van der Waals surface area contributed by atoms with Crippen molar-refractivity contribution in [3.8, 4) is 5.75 Å². The number of nitrogens with zero attached hydrogens (tertiary/aromatic N) is 2. The van der Waals surface area contributed by atoms with Crippen molar-refractivity contribution in [2.75, 3.05) is 13.1 Å². The van der Waals surface area contributed by atoms with Crippen molar-refractivity contribution in [3.05, 3.63) is 58.4 Å². The third kappa shape index (κ3) is 2.92. The Labute approximate surface area is 134 Å². The van der Waals surface area contributed by atoms with E-state index in [1.807, 2.05) is 38.1 Å². The Morgan fingerprint density at radius 1 is 1.32 bits per heavy atom. The van der Waals surface area contributed by atoms with Gasteiger partial charge in [0.05, 0.1) is 23.7 Å². The Bertz CT molecular complexity index is 712. The molecule has 0 N–H and O–H groups in total. The molecular weight excluding hydrogens is 300 g/mol. The van der Waals surface area contributed by atoms with E-state index in [0.717, 1.165) is 11.3 Å². The molecule has 1 aliphatic rings. The van der Waals surface area contributed by atoms with Crippen LogP contribution in [-0.4, -0.2) is 35.0 Å². The summed E-state index contributed by atoms with van der Waals surface area (Å²) in [6.07, 6.45) is 1.64. The molecule has 0 atom stereocenters. The summed E-state index contributed by atoms with van der Waals surface area (Å²) in [6, 6.07) is 9.29. The molecule has 22 heavy (non-hydrogen) atoms. The van der Waals surface area contributed by atoms with E-state index in [0.29, 0.717) is 29.4 Å². The van der Waals surface area contributed by atoms with E-state index in [2.05, 4.69) is 4.98 Å². The number of likely N-dealkylation sites (tertiary alicyclic amines) is 1. The molecule has 1 aromatic heterocycles. The lowest BCUT2D eigenvalue weighted by Gasteiger charge is -2.39. The van der Waals surface area contributed by atoms with E-state index >= 15 is 0 Å². The Morgan fingerprint density at radius 3 is 2.73 bits per heavy atom. The minimum Gasteiger partial charge on any atom is -0.485 e. The molecule has 0 radical (unpaired) electrons. The highest BCUT2D eigenvalue weighted by molar-refractivity contribution is 6.32. The SMILES string of the molecule is Cc1cc(C)c(C(=O)N2CC(Oc3ccccc3Cl)C2)cn1. The number of aromatic nitrogens is 1. The summed E-state index contributed by atoms with van der Waals surface area (Å²) >= 11 is 6.07. The van der Waals surface area contributed by atoms with Gasteiger partial charge < -0.3 is 9.64 Å². The molecule has 1 amide bonds. The second kappa shape index (κ2) is 5.97. The number of amides is 1. The molecule has 1 saturated heterocycles. The van der Waals surface area contributed by atoms with E-state index < -0.39 is 0 Å². The fraction of sp³-hybridized carbons (Fsp3) is 0.294. The van der Waals surface area contributed by atoms with E-state index in [4.69, 9.17) is 16.3 Å². The van der Waals surface area contributed by atoms with Gasteiger partial charge in [-0.05, 0) is 37.6 Å². The second-order valence-electron chi connectivity index (χ2n) is 5.52. The summed E-state index contributed by atoms with van der Waals surface area (Å²) in [5.74, 6) is 0.665. The maximum atomic E-state index is 12.4. The molecule has 0 aliphatic carbocycles. The van der Waals surface area contributed by atoms with Crippen LogP contribution in [0.25, 0.3) is 0 Å². The van der Waals surface area contributed by atoms with Gasteiger partial charge in [-0.1, -0.05) is 23.7 Å². The molecule has 114 valence electrons. The number of aryl methyl sites for hydroxylation is 2. The number of hydrogen-bond donors (Lipinski definition) is 0. The van der Waals surface area contributed by atoms with Crippen LogP contribution >= 0.6 is 11.6 Å². The van der Waals surface area contributed by atoms with Gasteiger partial charge in [0.15, 0.2) is 0 Å². The third-order valence-electron chi connectivity index (χ3n) is 3.74. The zero-order valence-corrected chi connectivity index (χ0v) is 13.3. The molecule has 1 aromatic carbocycles. The largest absolute Gasteiger partial charge is 0.485 e. The van der Waals surface area contributed by atoms with Crippen molar-refractivity contribution < 1.29 is 9.53 Å². The molecule has 0 spiro atoms. The monoisotopic (exact) mass is 316 g/mol. The molecule has 4 nitrogen and oxygen atoms in total. The number of carbonyl (C=O) groups excluding carboxylic acids is 1. The van der Waals surface area contributed by atoms with Crippen LogP contribution in [0.4, 0.5) is 0 Å². The lowest BCUT2D eigenvalue weighted by atomic mass is 10.1. The predicted octanol–water partition coefficient (Wildman–Crippen LogP) is 3.26. The number of pyridine rings is 1. The zero-order chi connectivity index (χ0) is 15.7. The van der Waals surface area contributed by atoms with Gasteiger partial charge in [0, 0.05) is 11.9 Å². The number of hydrogen-bond acceptors (Lipinski definition) is 3. The van der Waals surface area contributed by atoms with Crippen LogP contribution in [-0.2, 0) is 0 Å². The summed E-state index contributed by atoms with van der Waals surface area (Å²) in [7, 11) is 0. The lowest BCUT2D eigenvalue weighted by molar-refractivity contribution is 0.0177. The van der Waals surface area contributed by atoms with E-state index in [1.165, 1.54) is 0 Å². The number of benzene rings is 1. The maximum absolute atomic E-state index is 12.4. The number of rotatable bonds is 3. The molecule has 1 fully saturated rings. The van der Waals surface area contributed by atoms with Gasteiger partial charge in [-0.3, -0.25) is 9.78 Å². The average molecular weight is 317 g/mol. The maximum Gasteiger partial charge on any atom is 0.255 e. The minimum atomic E-state index is -0.0115. The third-order valence-corrected chi connectivity index (χ3v) is 4.06. The summed E-state index contributed by atoms with van der Waals surface area (Å²) in [5, 5.41) is 0.589. The first kappa shape index (κ1) is 14.9. The van der Waals surface area contributed by atoms with Crippen LogP contribution in [0.3, 0.4) is 0 Å². The molecule has 2 aromatic rings. The molecule has 0 unspecified atom stereocenters. The van der Waals surface area contributed by atoms with Crippen molar-refractivity contribution in [2.45, 2.75) is 20.0 Å². The fourth-order valence-electron chi connectivity index (χ4n) is 2.49. The van der Waals surface area contributed by atoms with Gasteiger partial charge in [0.1, 0.15) is 11.9 Å². The van der Waals surface area contributed by atoms with Crippen LogP contribution < -0.4 is 4.74 Å². The Balaban J connectivity index is 1.61. The van der Waals surface area contributed by atoms with Crippen molar-refractivity contribution in [1.29, 1.82) is 0 Å². The molecule has 1 aliphatic heterocycles. The van der Waals surface area contributed by atoms with Crippen LogP contribution in [0, 0.1) is 13.8 Å².